The zero-order valence-corrected chi connectivity index (χ0v) is 17.0. The Bertz CT molecular complexity index is 735. The van der Waals surface area contributed by atoms with E-state index >= 15 is 0 Å². The Morgan fingerprint density at radius 3 is 1.78 bits per heavy atom. The van der Waals surface area contributed by atoms with Gasteiger partial charge < -0.3 is 0 Å². The second kappa shape index (κ2) is 6.50. The van der Waals surface area contributed by atoms with Crippen LogP contribution in [0.25, 0.3) is 0 Å². The molecule has 4 saturated carbocycles. The zero-order valence-electron chi connectivity index (χ0n) is 17.0. The van der Waals surface area contributed by atoms with E-state index in [0.717, 1.165) is 17.8 Å². The summed E-state index contributed by atoms with van der Waals surface area (Å²) in [6.45, 7) is 5.10. The molecule has 27 heavy (non-hydrogen) atoms. The minimum atomic E-state index is 0.272. The molecule has 4 aliphatic carbocycles. The van der Waals surface area contributed by atoms with E-state index in [9.17, 15) is 0 Å². The van der Waals surface area contributed by atoms with Crippen LogP contribution in [0.4, 0.5) is 0 Å². The molecule has 0 N–H and O–H groups in total. The van der Waals surface area contributed by atoms with Gasteiger partial charge in [-0.05, 0) is 90.6 Å². The predicted octanol–water partition coefficient (Wildman–Crippen LogP) is 7.26. The number of benzene rings is 2. The first kappa shape index (κ1) is 17.5. The summed E-state index contributed by atoms with van der Waals surface area (Å²) < 4.78 is 0. The van der Waals surface area contributed by atoms with Gasteiger partial charge in [-0.15, -0.1) is 0 Å². The van der Waals surface area contributed by atoms with Gasteiger partial charge in [-0.2, -0.15) is 0 Å². The van der Waals surface area contributed by atoms with Crippen molar-refractivity contribution in [2.45, 2.75) is 64.7 Å². The smallest absolute Gasteiger partial charge is 0.00505 e. The van der Waals surface area contributed by atoms with Crippen LogP contribution in [0.1, 0.15) is 69.4 Å². The first-order chi connectivity index (χ1) is 13.0. The Labute approximate surface area is 165 Å². The molecule has 4 aliphatic rings. The van der Waals surface area contributed by atoms with Crippen molar-refractivity contribution in [2.75, 3.05) is 0 Å². The molecule has 142 valence electrons. The van der Waals surface area contributed by atoms with Crippen molar-refractivity contribution in [2.24, 2.45) is 28.6 Å². The van der Waals surface area contributed by atoms with Crippen LogP contribution in [0, 0.1) is 28.6 Å². The largest absolute Gasteiger partial charge is 0.0622 e. The van der Waals surface area contributed by atoms with Gasteiger partial charge in [0.1, 0.15) is 0 Å². The van der Waals surface area contributed by atoms with Crippen LogP contribution < -0.4 is 0 Å². The molecule has 0 aromatic heterocycles. The van der Waals surface area contributed by atoms with Gasteiger partial charge in [-0.3, -0.25) is 0 Å². The minimum absolute atomic E-state index is 0.272. The summed E-state index contributed by atoms with van der Waals surface area (Å²) in [5.41, 5.74) is 3.90. The SMILES string of the molecule is CC(C)(Cc1ccccc1)C(c1ccccc1)C12CC3CC(CC(C3)C1)C2. The molecule has 4 bridgehead atoms. The van der Waals surface area contributed by atoms with Crippen LogP contribution in [0.2, 0.25) is 0 Å². The van der Waals surface area contributed by atoms with Gasteiger partial charge >= 0.3 is 0 Å². The van der Waals surface area contributed by atoms with Gasteiger partial charge in [-0.1, -0.05) is 74.5 Å². The van der Waals surface area contributed by atoms with E-state index in [1.165, 1.54) is 50.5 Å². The van der Waals surface area contributed by atoms with Crippen molar-refractivity contribution in [1.29, 1.82) is 0 Å². The van der Waals surface area contributed by atoms with E-state index in [-0.39, 0.29) is 5.41 Å². The van der Waals surface area contributed by atoms with Crippen LogP contribution in [0.3, 0.4) is 0 Å². The molecule has 0 radical (unpaired) electrons. The lowest BCUT2D eigenvalue weighted by Gasteiger charge is -2.62. The molecule has 1 unspecified atom stereocenters. The van der Waals surface area contributed by atoms with Gasteiger partial charge in [0.15, 0.2) is 0 Å². The number of rotatable bonds is 5. The van der Waals surface area contributed by atoms with Gasteiger partial charge in [-0.25, -0.2) is 0 Å². The maximum absolute atomic E-state index is 2.55. The fourth-order valence-electron chi connectivity index (χ4n) is 8.03. The van der Waals surface area contributed by atoms with E-state index in [0.29, 0.717) is 11.3 Å². The van der Waals surface area contributed by atoms with Crippen LogP contribution in [0.5, 0.6) is 0 Å². The Morgan fingerprint density at radius 2 is 1.26 bits per heavy atom. The van der Waals surface area contributed by atoms with E-state index in [2.05, 4.69) is 74.5 Å². The highest BCUT2D eigenvalue weighted by atomic mass is 14.6. The molecule has 4 fully saturated rings. The molecule has 0 saturated heterocycles. The summed E-state index contributed by atoms with van der Waals surface area (Å²) in [4.78, 5) is 0. The molecule has 0 heterocycles. The number of hydrogen-bond donors (Lipinski definition) is 0. The van der Waals surface area contributed by atoms with Gasteiger partial charge in [0.05, 0.1) is 0 Å². The molecular weight excluding hydrogens is 324 g/mol. The third kappa shape index (κ3) is 3.16. The van der Waals surface area contributed by atoms with Crippen molar-refractivity contribution in [3.63, 3.8) is 0 Å². The lowest BCUT2D eigenvalue weighted by Crippen LogP contribution is -2.52. The van der Waals surface area contributed by atoms with Crippen molar-refractivity contribution < 1.29 is 0 Å². The van der Waals surface area contributed by atoms with E-state index in [1.54, 1.807) is 5.56 Å². The third-order valence-corrected chi connectivity index (χ3v) is 8.11. The Balaban J connectivity index is 1.56. The summed E-state index contributed by atoms with van der Waals surface area (Å²) in [6.07, 6.45) is 10.2. The lowest BCUT2D eigenvalue weighted by atomic mass is 9.42. The average molecular weight is 359 g/mol. The highest BCUT2D eigenvalue weighted by molar-refractivity contribution is 5.29. The van der Waals surface area contributed by atoms with Gasteiger partial charge in [0, 0.05) is 0 Å². The second-order valence-corrected chi connectivity index (χ2v) is 10.8. The molecule has 0 aliphatic heterocycles. The summed E-state index contributed by atoms with van der Waals surface area (Å²) in [5.74, 6) is 3.69. The van der Waals surface area contributed by atoms with Crippen LogP contribution >= 0.6 is 0 Å². The van der Waals surface area contributed by atoms with Crippen LogP contribution in [-0.4, -0.2) is 0 Å². The topological polar surface area (TPSA) is 0 Å². The Kier molecular flexibility index (Phi) is 4.22. The van der Waals surface area contributed by atoms with E-state index in [4.69, 9.17) is 0 Å². The Hall–Kier alpha value is -1.56. The average Bonchev–Trinajstić information content (AvgIpc) is 2.61. The summed E-state index contributed by atoms with van der Waals surface area (Å²) in [7, 11) is 0. The molecule has 2 aromatic rings. The monoisotopic (exact) mass is 358 g/mol. The second-order valence-electron chi connectivity index (χ2n) is 10.8. The Morgan fingerprint density at radius 1 is 0.778 bits per heavy atom. The quantitative estimate of drug-likeness (QED) is 0.528. The predicted molar refractivity (Wildman–Crippen MR) is 114 cm³/mol. The van der Waals surface area contributed by atoms with Crippen LogP contribution in [0.15, 0.2) is 60.7 Å². The summed E-state index contributed by atoms with van der Waals surface area (Å²) in [5, 5.41) is 0. The molecule has 6 rings (SSSR count). The zero-order chi connectivity index (χ0) is 18.5. The normalized spacial score (nSPS) is 33.2. The lowest BCUT2D eigenvalue weighted by molar-refractivity contribution is -0.0905. The van der Waals surface area contributed by atoms with Crippen molar-refractivity contribution >= 4 is 0 Å². The highest BCUT2D eigenvalue weighted by Gasteiger charge is 2.57. The first-order valence-electron chi connectivity index (χ1n) is 11.1. The first-order valence-corrected chi connectivity index (χ1v) is 11.1. The molecule has 0 amide bonds. The molecule has 0 spiro atoms. The minimum Gasteiger partial charge on any atom is -0.0622 e. The van der Waals surface area contributed by atoms with Crippen LogP contribution in [-0.2, 0) is 6.42 Å². The summed E-state index contributed by atoms with van der Waals surface area (Å²) >= 11 is 0. The van der Waals surface area contributed by atoms with Gasteiger partial charge in [0.25, 0.3) is 0 Å². The maximum Gasteiger partial charge on any atom is -0.00505 e. The highest BCUT2D eigenvalue weighted by Crippen LogP contribution is 2.67. The van der Waals surface area contributed by atoms with E-state index < -0.39 is 0 Å². The third-order valence-electron chi connectivity index (χ3n) is 8.11. The molecular formula is C27H34. The fourth-order valence-corrected chi connectivity index (χ4v) is 8.03. The van der Waals surface area contributed by atoms with Gasteiger partial charge in [0.2, 0.25) is 0 Å². The molecule has 2 aromatic carbocycles. The maximum atomic E-state index is 2.55. The molecule has 1 atom stereocenters. The van der Waals surface area contributed by atoms with E-state index in [1.807, 2.05) is 0 Å². The fraction of sp³-hybridized carbons (Fsp3) is 0.556. The van der Waals surface area contributed by atoms with Crippen molar-refractivity contribution in [3.8, 4) is 0 Å². The number of hydrogen-bond acceptors (Lipinski definition) is 0. The van der Waals surface area contributed by atoms with Crippen molar-refractivity contribution in [1.82, 2.24) is 0 Å². The summed E-state index contributed by atoms with van der Waals surface area (Å²) in [6, 6.07) is 22.8. The molecule has 0 heteroatoms. The molecule has 0 nitrogen and oxygen atoms in total. The standard InChI is InChI=1S/C27H34/c1-26(2,16-20-9-5-3-6-10-20)25(24-11-7-4-8-12-24)27-17-21-13-22(18-27)15-23(14-21)19-27/h3-12,21-23,25H,13-19H2,1-2H3. The van der Waals surface area contributed by atoms with Crippen molar-refractivity contribution in [3.05, 3.63) is 71.8 Å².